The van der Waals surface area contributed by atoms with Crippen LogP contribution in [0.3, 0.4) is 0 Å². The Hall–Kier alpha value is -1.91. The number of aryl methyl sites for hydroxylation is 1. The highest BCUT2D eigenvalue weighted by Crippen LogP contribution is 2.28. The van der Waals surface area contributed by atoms with E-state index in [4.69, 9.17) is 0 Å². The Bertz CT molecular complexity index is 493. The average Bonchev–Trinajstić information content (AvgIpc) is 3.00. The van der Waals surface area contributed by atoms with Crippen LogP contribution in [0.5, 0.6) is 0 Å². The normalized spacial score (nSPS) is 19.8. The lowest BCUT2D eigenvalue weighted by Gasteiger charge is -2.17. The SMILES string of the molecule is Cc1cc(N2CCC(c3ccn[nH]3)C2)ncn1. The number of nitrogens with zero attached hydrogens (tertiary/aromatic N) is 4. The molecule has 5 heteroatoms. The van der Waals surface area contributed by atoms with E-state index in [0.717, 1.165) is 31.0 Å². The fourth-order valence-corrected chi connectivity index (χ4v) is 2.33. The number of nitrogens with one attached hydrogen (secondary N) is 1. The summed E-state index contributed by atoms with van der Waals surface area (Å²) < 4.78 is 0. The molecule has 17 heavy (non-hydrogen) atoms. The van der Waals surface area contributed by atoms with Crippen LogP contribution >= 0.6 is 0 Å². The van der Waals surface area contributed by atoms with Gasteiger partial charge >= 0.3 is 0 Å². The minimum atomic E-state index is 0.535. The molecule has 88 valence electrons. The van der Waals surface area contributed by atoms with Crippen molar-refractivity contribution in [2.45, 2.75) is 19.3 Å². The van der Waals surface area contributed by atoms with Gasteiger partial charge in [-0.25, -0.2) is 9.97 Å². The molecular formula is C12H15N5. The van der Waals surface area contributed by atoms with Crippen LogP contribution in [0.15, 0.2) is 24.7 Å². The molecule has 0 saturated carbocycles. The molecule has 1 saturated heterocycles. The number of H-pyrrole nitrogens is 1. The van der Waals surface area contributed by atoms with Gasteiger partial charge in [-0.05, 0) is 19.4 Å². The summed E-state index contributed by atoms with van der Waals surface area (Å²) in [5.74, 6) is 1.56. The van der Waals surface area contributed by atoms with Crippen LogP contribution in [-0.2, 0) is 0 Å². The number of anilines is 1. The van der Waals surface area contributed by atoms with Gasteiger partial charge in [-0.2, -0.15) is 5.10 Å². The molecule has 3 heterocycles. The second kappa shape index (κ2) is 4.16. The second-order valence-electron chi connectivity index (χ2n) is 4.46. The molecule has 0 bridgehead atoms. The van der Waals surface area contributed by atoms with Crippen LogP contribution in [0.4, 0.5) is 5.82 Å². The molecule has 1 fully saturated rings. The lowest BCUT2D eigenvalue weighted by Crippen LogP contribution is -2.20. The van der Waals surface area contributed by atoms with Crippen molar-refractivity contribution >= 4 is 5.82 Å². The highest BCUT2D eigenvalue weighted by Gasteiger charge is 2.25. The van der Waals surface area contributed by atoms with E-state index in [1.54, 1.807) is 6.33 Å². The van der Waals surface area contributed by atoms with Crippen molar-refractivity contribution in [3.05, 3.63) is 36.0 Å². The van der Waals surface area contributed by atoms with Gasteiger partial charge in [0.15, 0.2) is 0 Å². The average molecular weight is 229 g/mol. The highest BCUT2D eigenvalue weighted by atomic mass is 15.2. The Labute approximate surface area is 99.9 Å². The molecule has 3 rings (SSSR count). The van der Waals surface area contributed by atoms with E-state index in [1.807, 2.05) is 19.2 Å². The van der Waals surface area contributed by atoms with Crippen molar-refractivity contribution in [1.82, 2.24) is 20.2 Å². The van der Waals surface area contributed by atoms with Gasteiger partial charge in [0.05, 0.1) is 0 Å². The van der Waals surface area contributed by atoms with Gasteiger partial charge in [0, 0.05) is 42.7 Å². The Morgan fingerprint density at radius 1 is 1.41 bits per heavy atom. The first-order valence-electron chi connectivity index (χ1n) is 5.86. The van der Waals surface area contributed by atoms with Crippen LogP contribution < -0.4 is 4.90 Å². The maximum Gasteiger partial charge on any atom is 0.132 e. The Morgan fingerprint density at radius 3 is 3.12 bits per heavy atom. The van der Waals surface area contributed by atoms with Crippen LogP contribution in [0.1, 0.15) is 23.7 Å². The molecular weight excluding hydrogens is 214 g/mol. The van der Waals surface area contributed by atoms with Crippen LogP contribution in [-0.4, -0.2) is 33.3 Å². The van der Waals surface area contributed by atoms with Crippen LogP contribution in [0.2, 0.25) is 0 Å². The summed E-state index contributed by atoms with van der Waals surface area (Å²) in [5.41, 5.74) is 2.23. The topological polar surface area (TPSA) is 57.7 Å². The molecule has 0 amide bonds. The molecule has 2 aromatic rings. The Morgan fingerprint density at radius 2 is 2.35 bits per heavy atom. The minimum absolute atomic E-state index is 0.535. The molecule has 0 aliphatic carbocycles. The zero-order valence-electron chi connectivity index (χ0n) is 9.80. The van der Waals surface area contributed by atoms with E-state index < -0.39 is 0 Å². The van der Waals surface area contributed by atoms with Gasteiger partial charge in [-0.1, -0.05) is 0 Å². The number of aromatic amines is 1. The molecule has 1 aliphatic heterocycles. The molecule has 1 N–H and O–H groups in total. The zero-order chi connectivity index (χ0) is 11.7. The molecule has 0 spiro atoms. The van der Waals surface area contributed by atoms with Crippen molar-refractivity contribution in [3.8, 4) is 0 Å². The Balaban J connectivity index is 1.76. The monoisotopic (exact) mass is 229 g/mol. The fourth-order valence-electron chi connectivity index (χ4n) is 2.33. The summed E-state index contributed by atoms with van der Waals surface area (Å²) >= 11 is 0. The quantitative estimate of drug-likeness (QED) is 0.848. The van der Waals surface area contributed by atoms with Crippen LogP contribution in [0, 0.1) is 6.92 Å². The standard InChI is InChI=1S/C12H15N5/c1-9-6-12(14-8-13-9)17-5-3-10(7-17)11-2-4-15-16-11/h2,4,6,8,10H,3,5,7H2,1H3,(H,15,16). The largest absolute Gasteiger partial charge is 0.356 e. The van der Waals surface area contributed by atoms with E-state index in [0.29, 0.717) is 5.92 Å². The van der Waals surface area contributed by atoms with E-state index in [-0.39, 0.29) is 0 Å². The molecule has 1 unspecified atom stereocenters. The van der Waals surface area contributed by atoms with Gasteiger partial charge in [-0.15, -0.1) is 0 Å². The maximum atomic E-state index is 4.33. The van der Waals surface area contributed by atoms with Gasteiger partial charge in [0.2, 0.25) is 0 Å². The van der Waals surface area contributed by atoms with E-state index >= 15 is 0 Å². The van der Waals surface area contributed by atoms with Crippen molar-refractivity contribution in [2.24, 2.45) is 0 Å². The van der Waals surface area contributed by atoms with Crippen molar-refractivity contribution in [2.75, 3.05) is 18.0 Å². The Kier molecular flexibility index (Phi) is 2.51. The van der Waals surface area contributed by atoms with Crippen molar-refractivity contribution < 1.29 is 0 Å². The van der Waals surface area contributed by atoms with Gasteiger partial charge in [-0.3, -0.25) is 5.10 Å². The molecule has 1 atom stereocenters. The lowest BCUT2D eigenvalue weighted by molar-refractivity contribution is 0.737. The summed E-state index contributed by atoms with van der Waals surface area (Å²) in [6.45, 7) is 4.03. The minimum Gasteiger partial charge on any atom is -0.356 e. The smallest absolute Gasteiger partial charge is 0.132 e. The van der Waals surface area contributed by atoms with E-state index in [1.165, 1.54) is 5.69 Å². The van der Waals surface area contributed by atoms with Crippen molar-refractivity contribution in [3.63, 3.8) is 0 Å². The summed E-state index contributed by atoms with van der Waals surface area (Å²) in [4.78, 5) is 10.8. The third-order valence-corrected chi connectivity index (χ3v) is 3.26. The lowest BCUT2D eigenvalue weighted by atomic mass is 10.1. The summed E-state index contributed by atoms with van der Waals surface area (Å²) in [7, 11) is 0. The zero-order valence-corrected chi connectivity index (χ0v) is 9.80. The predicted molar refractivity (Wildman–Crippen MR) is 64.9 cm³/mol. The number of aromatic nitrogens is 4. The summed E-state index contributed by atoms with van der Waals surface area (Å²) in [6, 6.07) is 4.09. The number of hydrogen-bond acceptors (Lipinski definition) is 4. The molecule has 0 radical (unpaired) electrons. The maximum absolute atomic E-state index is 4.33. The van der Waals surface area contributed by atoms with Gasteiger partial charge in [0.1, 0.15) is 12.1 Å². The van der Waals surface area contributed by atoms with E-state index in [2.05, 4.69) is 31.1 Å². The first kappa shape index (κ1) is 10.3. The van der Waals surface area contributed by atoms with Crippen LogP contribution in [0.25, 0.3) is 0 Å². The summed E-state index contributed by atoms with van der Waals surface area (Å²) in [6.07, 6.45) is 4.59. The molecule has 2 aromatic heterocycles. The number of rotatable bonds is 2. The van der Waals surface area contributed by atoms with Crippen molar-refractivity contribution in [1.29, 1.82) is 0 Å². The third kappa shape index (κ3) is 2.00. The first-order valence-corrected chi connectivity index (χ1v) is 5.86. The number of hydrogen-bond donors (Lipinski definition) is 1. The third-order valence-electron chi connectivity index (χ3n) is 3.26. The second-order valence-corrected chi connectivity index (χ2v) is 4.46. The predicted octanol–water partition coefficient (Wildman–Crippen LogP) is 1.50. The molecule has 1 aliphatic rings. The first-order chi connectivity index (χ1) is 8.33. The fraction of sp³-hybridized carbons (Fsp3) is 0.417. The van der Waals surface area contributed by atoms with Gasteiger partial charge in [0.25, 0.3) is 0 Å². The summed E-state index contributed by atoms with van der Waals surface area (Å²) in [5, 5.41) is 7.06. The molecule has 0 aromatic carbocycles. The highest BCUT2D eigenvalue weighted by molar-refractivity contribution is 5.41. The molecule has 5 nitrogen and oxygen atoms in total. The van der Waals surface area contributed by atoms with E-state index in [9.17, 15) is 0 Å². The van der Waals surface area contributed by atoms with Gasteiger partial charge < -0.3 is 4.90 Å².